The first-order valence-corrected chi connectivity index (χ1v) is 3.53. The summed E-state index contributed by atoms with van der Waals surface area (Å²) in [5.41, 5.74) is -0.0231. The predicted octanol–water partition coefficient (Wildman–Crippen LogP) is 1.36. The van der Waals surface area contributed by atoms with Crippen LogP contribution in [-0.4, -0.2) is 7.11 Å². The molecule has 3 nitrogen and oxygen atoms in total. The third kappa shape index (κ3) is 1.93. The number of ether oxygens (including phenoxy) is 1. The summed E-state index contributed by atoms with van der Waals surface area (Å²) in [6.07, 6.45) is 0. The minimum Gasteiger partial charge on any atom is -0.493 e. The normalized spacial score (nSPS) is 10.2. The SMILES string of the molecule is COc1c(F)ccc(F)c1CON. The maximum Gasteiger partial charge on any atom is 0.165 e. The lowest BCUT2D eigenvalue weighted by Gasteiger charge is -2.08. The van der Waals surface area contributed by atoms with Crippen LogP contribution in [0.1, 0.15) is 5.56 Å². The summed E-state index contributed by atoms with van der Waals surface area (Å²) in [5.74, 6) is 3.33. The third-order valence-electron chi connectivity index (χ3n) is 1.59. The van der Waals surface area contributed by atoms with E-state index in [-0.39, 0.29) is 17.9 Å². The average molecular weight is 189 g/mol. The van der Waals surface area contributed by atoms with Crippen LogP contribution in [0.2, 0.25) is 0 Å². The molecule has 0 atom stereocenters. The lowest BCUT2D eigenvalue weighted by molar-refractivity contribution is 0.118. The molecule has 0 heterocycles. The van der Waals surface area contributed by atoms with E-state index in [0.29, 0.717) is 0 Å². The standard InChI is InChI=1S/C8H9F2NO2/c1-12-8-5(4-13-11)6(9)2-3-7(8)10/h2-3H,4,11H2,1H3. The number of halogens is 2. The van der Waals surface area contributed by atoms with E-state index in [0.717, 1.165) is 12.1 Å². The number of nitrogens with two attached hydrogens (primary N) is 1. The molecule has 1 aromatic carbocycles. The van der Waals surface area contributed by atoms with E-state index in [4.69, 9.17) is 5.90 Å². The molecule has 0 unspecified atom stereocenters. The van der Waals surface area contributed by atoms with Gasteiger partial charge in [0, 0.05) is 0 Å². The van der Waals surface area contributed by atoms with Gasteiger partial charge in [-0.05, 0) is 12.1 Å². The topological polar surface area (TPSA) is 44.5 Å². The van der Waals surface area contributed by atoms with Crippen molar-refractivity contribution in [2.75, 3.05) is 7.11 Å². The molecule has 1 rings (SSSR count). The molecular weight excluding hydrogens is 180 g/mol. The summed E-state index contributed by atoms with van der Waals surface area (Å²) in [6, 6.07) is 1.97. The third-order valence-corrected chi connectivity index (χ3v) is 1.59. The average Bonchev–Trinajstić information content (AvgIpc) is 2.12. The predicted molar refractivity (Wildman–Crippen MR) is 41.9 cm³/mol. The Kier molecular flexibility index (Phi) is 3.16. The molecule has 0 aliphatic rings. The molecule has 0 bridgehead atoms. The van der Waals surface area contributed by atoms with Crippen molar-refractivity contribution in [2.24, 2.45) is 5.90 Å². The lowest BCUT2D eigenvalue weighted by atomic mass is 10.2. The van der Waals surface area contributed by atoms with Crippen LogP contribution >= 0.6 is 0 Å². The van der Waals surface area contributed by atoms with Crippen LogP contribution in [0.5, 0.6) is 5.75 Å². The quantitative estimate of drug-likeness (QED) is 0.730. The molecule has 72 valence electrons. The molecule has 2 N–H and O–H groups in total. The van der Waals surface area contributed by atoms with Gasteiger partial charge in [0.1, 0.15) is 5.82 Å². The van der Waals surface area contributed by atoms with Crippen LogP contribution in [0, 0.1) is 11.6 Å². The van der Waals surface area contributed by atoms with Gasteiger partial charge in [-0.3, -0.25) is 4.84 Å². The van der Waals surface area contributed by atoms with Gasteiger partial charge in [0.15, 0.2) is 11.6 Å². The first-order valence-electron chi connectivity index (χ1n) is 3.53. The van der Waals surface area contributed by atoms with Gasteiger partial charge in [-0.15, -0.1) is 0 Å². The zero-order valence-corrected chi connectivity index (χ0v) is 7.01. The number of hydrogen-bond donors (Lipinski definition) is 1. The molecule has 13 heavy (non-hydrogen) atoms. The number of methoxy groups -OCH3 is 1. The fourth-order valence-corrected chi connectivity index (χ4v) is 1.01. The Balaban J connectivity index is 3.18. The highest BCUT2D eigenvalue weighted by molar-refractivity contribution is 5.35. The fourth-order valence-electron chi connectivity index (χ4n) is 1.01. The Hall–Kier alpha value is -1.20. The van der Waals surface area contributed by atoms with Gasteiger partial charge in [-0.25, -0.2) is 14.7 Å². The van der Waals surface area contributed by atoms with Crippen LogP contribution in [0.25, 0.3) is 0 Å². The van der Waals surface area contributed by atoms with Crippen molar-refractivity contribution in [3.63, 3.8) is 0 Å². The minimum atomic E-state index is -0.643. The summed E-state index contributed by atoms with van der Waals surface area (Å²) in [6.45, 7) is -0.229. The van der Waals surface area contributed by atoms with Crippen LogP contribution < -0.4 is 10.6 Å². The summed E-state index contributed by atoms with van der Waals surface area (Å²) in [4.78, 5) is 4.22. The van der Waals surface area contributed by atoms with Gasteiger partial charge in [0.2, 0.25) is 0 Å². The minimum absolute atomic E-state index is 0.0231. The van der Waals surface area contributed by atoms with Crippen molar-refractivity contribution in [3.8, 4) is 5.75 Å². The van der Waals surface area contributed by atoms with Crippen LogP contribution in [0.3, 0.4) is 0 Å². The molecule has 0 spiro atoms. The lowest BCUT2D eigenvalue weighted by Crippen LogP contribution is -2.05. The second kappa shape index (κ2) is 4.15. The van der Waals surface area contributed by atoms with E-state index in [1.807, 2.05) is 0 Å². The zero-order valence-electron chi connectivity index (χ0n) is 7.01. The Bertz CT molecular complexity index is 304. The molecule has 0 radical (unpaired) electrons. The first kappa shape index (κ1) is 9.88. The highest BCUT2D eigenvalue weighted by atomic mass is 19.1. The highest BCUT2D eigenvalue weighted by Gasteiger charge is 2.13. The van der Waals surface area contributed by atoms with Crippen LogP contribution in [0.15, 0.2) is 12.1 Å². The second-order valence-corrected chi connectivity index (χ2v) is 2.35. The smallest absolute Gasteiger partial charge is 0.165 e. The van der Waals surface area contributed by atoms with Crippen LogP contribution in [-0.2, 0) is 11.4 Å². The van der Waals surface area contributed by atoms with E-state index < -0.39 is 11.6 Å². The summed E-state index contributed by atoms with van der Waals surface area (Å²) >= 11 is 0. The maximum absolute atomic E-state index is 13.0. The van der Waals surface area contributed by atoms with Crippen molar-refractivity contribution in [1.82, 2.24) is 0 Å². The Morgan fingerprint density at radius 2 is 1.92 bits per heavy atom. The summed E-state index contributed by atoms with van der Waals surface area (Å²) < 4.78 is 30.6. The molecule has 0 fully saturated rings. The molecule has 0 saturated carbocycles. The van der Waals surface area contributed by atoms with Gasteiger partial charge >= 0.3 is 0 Å². The van der Waals surface area contributed by atoms with E-state index in [9.17, 15) is 8.78 Å². The summed E-state index contributed by atoms with van der Waals surface area (Å²) in [7, 11) is 1.25. The van der Waals surface area contributed by atoms with Gasteiger partial charge in [-0.1, -0.05) is 0 Å². The molecular formula is C8H9F2NO2. The molecule has 0 aliphatic heterocycles. The second-order valence-electron chi connectivity index (χ2n) is 2.35. The maximum atomic E-state index is 13.0. The largest absolute Gasteiger partial charge is 0.493 e. The molecule has 1 aromatic rings. The van der Waals surface area contributed by atoms with Crippen molar-refractivity contribution < 1.29 is 18.4 Å². The molecule has 0 amide bonds. The highest BCUT2D eigenvalue weighted by Crippen LogP contribution is 2.25. The van der Waals surface area contributed by atoms with Gasteiger partial charge in [0.05, 0.1) is 19.3 Å². The first-order chi connectivity index (χ1) is 6.20. The van der Waals surface area contributed by atoms with Crippen molar-refractivity contribution in [1.29, 1.82) is 0 Å². The Labute approximate surface area is 74.0 Å². The molecule has 0 aliphatic carbocycles. The zero-order chi connectivity index (χ0) is 9.84. The number of hydrogen-bond acceptors (Lipinski definition) is 3. The number of benzene rings is 1. The van der Waals surface area contributed by atoms with Crippen molar-refractivity contribution in [2.45, 2.75) is 6.61 Å². The van der Waals surface area contributed by atoms with Crippen molar-refractivity contribution >= 4 is 0 Å². The van der Waals surface area contributed by atoms with Gasteiger partial charge in [0.25, 0.3) is 0 Å². The summed E-state index contributed by atoms with van der Waals surface area (Å²) in [5, 5.41) is 0. The van der Waals surface area contributed by atoms with E-state index >= 15 is 0 Å². The molecule has 0 saturated heterocycles. The fraction of sp³-hybridized carbons (Fsp3) is 0.250. The van der Waals surface area contributed by atoms with E-state index in [1.54, 1.807) is 0 Å². The van der Waals surface area contributed by atoms with Gasteiger partial charge < -0.3 is 4.74 Å². The van der Waals surface area contributed by atoms with E-state index in [1.165, 1.54) is 7.11 Å². The molecule has 5 heteroatoms. The monoisotopic (exact) mass is 189 g/mol. The van der Waals surface area contributed by atoms with E-state index in [2.05, 4.69) is 9.57 Å². The number of rotatable bonds is 3. The van der Waals surface area contributed by atoms with Crippen LogP contribution in [0.4, 0.5) is 8.78 Å². The Morgan fingerprint density at radius 1 is 1.31 bits per heavy atom. The molecule has 0 aromatic heterocycles. The van der Waals surface area contributed by atoms with Gasteiger partial charge in [-0.2, -0.15) is 0 Å². The van der Waals surface area contributed by atoms with Crippen molar-refractivity contribution in [3.05, 3.63) is 29.3 Å². The Morgan fingerprint density at radius 3 is 2.46 bits per heavy atom.